The van der Waals surface area contributed by atoms with Crippen LogP contribution in [0.2, 0.25) is 0 Å². The molecule has 1 heterocycles. The van der Waals surface area contributed by atoms with Gasteiger partial charge in [0.25, 0.3) is 0 Å². The van der Waals surface area contributed by atoms with Crippen molar-refractivity contribution in [2.45, 2.75) is 13.0 Å². The van der Waals surface area contributed by atoms with E-state index in [1.54, 1.807) is 0 Å². The normalized spacial score (nSPS) is 17.3. The summed E-state index contributed by atoms with van der Waals surface area (Å²) in [6.45, 7) is 2.48. The number of nitrogens with one attached hydrogen (secondary N) is 1. The number of hydrogen-bond acceptors (Lipinski definition) is 2. The van der Waals surface area contributed by atoms with Gasteiger partial charge in [0.05, 0.1) is 12.2 Å². The summed E-state index contributed by atoms with van der Waals surface area (Å²) < 4.78 is 32.2. The molecule has 0 bridgehead atoms. The molecular weight excluding hydrogens is 248 g/mol. The summed E-state index contributed by atoms with van der Waals surface area (Å²) in [5.41, 5.74) is 2.54. The molecule has 1 N–H and O–H groups in total. The van der Waals surface area contributed by atoms with Crippen molar-refractivity contribution < 1.29 is 13.5 Å². The van der Waals surface area contributed by atoms with Crippen LogP contribution in [0.15, 0.2) is 36.4 Å². The highest BCUT2D eigenvalue weighted by atomic mass is 19.1. The first-order valence-corrected chi connectivity index (χ1v) is 6.09. The van der Waals surface area contributed by atoms with Gasteiger partial charge in [0, 0.05) is 6.07 Å². The maximum absolute atomic E-state index is 13.2. The third kappa shape index (κ3) is 2.38. The molecule has 4 heteroatoms. The van der Waals surface area contributed by atoms with E-state index in [1.807, 2.05) is 25.1 Å². The highest BCUT2D eigenvalue weighted by Gasteiger charge is 2.21. The molecule has 1 atom stereocenters. The lowest BCUT2D eigenvalue weighted by molar-refractivity contribution is 0.209. The molecule has 3 rings (SSSR count). The van der Waals surface area contributed by atoms with Crippen molar-refractivity contribution in [3.63, 3.8) is 0 Å². The number of halogens is 2. The smallest absolute Gasteiger partial charge is 0.143 e. The molecule has 0 spiro atoms. The number of hydrogen-bond donors (Lipinski definition) is 1. The quantitative estimate of drug-likeness (QED) is 0.842. The van der Waals surface area contributed by atoms with E-state index in [0.29, 0.717) is 17.9 Å². The summed E-state index contributed by atoms with van der Waals surface area (Å²) in [5.74, 6) is -0.479. The molecule has 0 saturated heterocycles. The Morgan fingerprint density at radius 1 is 1.11 bits per heavy atom. The zero-order chi connectivity index (χ0) is 13.4. The predicted octanol–water partition coefficient (Wildman–Crippen LogP) is 3.82. The Hall–Kier alpha value is -2.10. The Labute approximate surface area is 110 Å². The van der Waals surface area contributed by atoms with E-state index in [0.717, 1.165) is 17.3 Å². The number of anilines is 1. The van der Waals surface area contributed by atoms with Crippen molar-refractivity contribution >= 4 is 5.69 Å². The second kappa shape index (κ2) is 4.53. The highest BCUT2D eigenvalue weighted by molar-refractivity contribution is 5.59. The Balaban J connectivity index is 1.91. The molecule has 98 valence electrons. The highest BCUT2D eigenvalue weighted by Crippen LogP contribution is 2.34. The largest absolute Gasteiger partial charge is 0.482 e. The van der Waals surface area contributed by atoms with Crippen molar-refractivity contribution in [1.29, 1.82) is 0 Å². The van der Waals surface area contributed by atoms with Gasteiger partial charge in [-0.1, -0.05) is 6.07 Å². The van der Waals surface area contributed by atoms with Gasteiger partial charge in [-0.25, -0.2) is 8.78 Å². The van der Waals surface area contributed by atoms with Gasteiger partial charge in [-0.3, -0.25) is 0 Å². The van der Waals surface area contributed by atoms with Gasteiger partial charge in [-0.2, -0.15) is 0 Å². The minimum absolute atomic E-state index is 0.389. The van der Waals surface area contributed by atoms with Gasteiger partial charge in [0.1, 0.15) is 23.5 Å². The summed E-state index contributed by atoms with van der Waals surface area (Å²) in [5, 5.41) is 3.22. The van der Waals surface area contributed by atoms with Crippen molar-refractivity contribution in [3.8, 4) is 5.75 Å². The monoisotopic (exact) mass is 261 g/mol. The summed E-state index contributed by atoms with van der Waals surface area (Å²) in [6.07, 6.45) is -0.389. The SMILES string of the molecule is Cc1ccc2c(c1)NCC(c1cc(F)cc(F)c1)O2. The van der Waals surface area contributed by atoms with Crippen LogP contribution in [0.3, 0.4) is 0 Å². The second-order valence-electron chi connectivity index (χ2n) is 4.69. The number of ether oxygens (including phenoxy) is 1. The van der Waals surface area contributed by atoms with Gasteiger partial charge in [-0.05, 0) is 42.3 Å². The van der Waals surface area contributed by atoms with E-state index in [9.17, 15) is 8.78 Å². The number of rotatable bonds is 1. The lowest BCUT2D eigenvalue weighted by atomic mass is 10.1. The molecule has 0 radical (unpaired) electrons. The fourth-order valence-corrected chi connectivity index (χ4v) is 2.23. The number of fused-ring (bicyclic) bond motifs is 1. The van der Waals surface area contributed by atoms with Crippen LogP contribution in [0.4, 0.5) is 14.5 Å². The van der Waals surface area contributed by atoms with Crippen molar-refractivity contribution in [1.82, 2.24) is 0 Å². The molecule has 0 amide bonds. The fourth-order valence-electron chi connectivity index (χ4n) is 2.23. The minimum atomic E-state index is -0.590. The Morgan fingerprint density at radius 2 is 1.84 bits per heavy atom. The van der Waals surface area contributed by atoms with Crippen LogP contribution in [0.5, 0.6) is 5.75 Å². The molecule has 2 aromatic carbocycles. The van der Waals surface area contributed by atoms with Crippen LogP contribution in [-0.2, 0) is 0 Å². The van der Waals surface area contributed by atoms with Gasteiger partial charge >= 0.3 is 0 Å². The summed E-state index contributed by atoms with van der Waals surface area (Å²) in [7, 11) is 0. The Morgan fingerprint density at radius 3 is 2.58 bits per heavy atom. The van der Waals surface area contributed by atoms with Crippen LogP contribution in [-0.4, -0.2) is 6.54 Å². The molecule has 0 saturated carbocycles. The molecular formula is C15H13F2NO. The van der Waals surface area contributed by atoms with E-state index in [1.165, 1.54) is 12.1 Å². The average Bonchev–Trinajstić information content (AvgIpc) is 2.37. The molecule has 1 aliphatic heterocycles. The minimum Gasteiger partial charge on any atom is -0.482 e. The third-order valence-corrected chi connectivity index (χ3v) is 3.14. The van der Waals surface area contributed by atoms with Crippen LogP contribution >= 0.6 is 0 Å². The first-order chi connectivity index (χ1) is 9.11. The summed E-state index contributed by atoms with van der Waals surface area (Å²) in [4.78, 5) is 0. The van der Waals surface area contributed by atoms with E-state index in [4.69, 9.17) is 4.74 Å². The van der Waals surface area contributed by atoms with E-state index >= 15 is 0 Å². The van der Waals surface area contributed by atoms with Gasteiger partial charge < -0.3 is 10.1 Å². The zero-order valence-electron chi connectivity index (χ0n) is 10.4. The van der Waals surface area contributed by atoms with Crippen molar-refractivity contribution in [2.75, 3.05) is 11.9 Å². The lowest BCUT2D eigenvalue weighted by Gasteiger charge is -2.28. The first-order valence-electron chi connectivity index (χ1n) is 6.09. The second-order valence-corrected chi connectivity index (χ2v) is 4.69. The van der Waals surface area contributed by atoms with Crippen LogP contribution in [0.1, 0.15) is 17.2 Å². The Kier molecular flexibility index (Phi) is 2.85. The summed E-state index contributed by atoms with van der Waals surface area (Å²) in [6, 6.07) is 9.24. The average molecular weight is 261 g/mol. The molecule has 2 aromatic rings. The van der Waals surface area contributed by atoms with E-state index in [2.05, 4.69) is 5.32 Å². The molecule has 2 nitrogen and oxygen atoms in total. The third-order valence-electron chi connectivity index (χ3n) is 3.14. The van der Waals surface area contributed by atoms with Gasteiger partial charge in [0.15, 0.2) is 0 Å². The standard InChI is InChI=1S/C15H13F2NO/c1-9-2-3-14-13(4-9)18-8-15(19-14)10-5-11(16)7-12(17)6-10/h2-7,15,18H,8H2,1H3. The van der Waals surface area contributed by atoms with E-state index in [-0.39, 0.29) is 6.10 Å². The fraction of sp³-hybridized carbons (Fsp3) is 0.200. The predicted molar refractivity (Wildman–Crippen MR) is 69.4 cm³/mol. The lowest BCUT2D eigenvalue weighted by Crippen LogP contribution is -2.23. The first kappa shape index (κ1) is 12.0. The zero-order valence-corrected chi connectivity index (χ0v) is 10.4. The topological polar surface area (TPSA) is 21.3 Å². The van der Waals surface area contributed by atoms with Gasteiger partial charge in [-0.15, -0.1) is 0 Å². The molecule has 1 unspecified atom stereocenters. The van der Waals surface area contributed by atoms with Crippen molar-refractivity contribution in [3.05, 3.63) is 59.2 Å². The van der Waals surface area contributed by atoms with Crippen LogP contribution in [0, 0.1) is 18.6 Å². The molecule has 0 aromatic heterocycles. The van der Waals surface area contributed by atoms with E-state index < -0.39 is 11.6 Å². The van der Waals surface area contributed by atoms with Crippen LogP contribution < -0.4 is 10.1 Å². The molecule has 19 heavy (non-hydrogen) atoms. The maximum Gasteiger partial charge on any atom is 0.143 e. The van der Waals surface area contributed by atoms with Gasteiger partial charge in [0.2, 0.25) is 0 Å². The number of benzene rings is 2. The number of aryl methyl sites for hydroxylation is 1. The Bertz CT molecular complexity index is 607. The summed E-state index contributed by atoms with van der Waals surface area (Å²) >= 11 is 0. The molecule has 0 aliphatic carbocycles. The van der Waals surface area contributed by atoms with Crippen molar-refractivity contribution in [2.24, 2.45) is 0 Å². The molecule has 1 aliphatic rings. The van der Waals surface area contributed by atoms with Crippen LogP contribution in [0.25, 0.3) is 0 Å². The molecule has 0 fully saturated rings. The maximum atomic E-state index is 13.2.